The second kappa shape index (κ2) is 8.80. The maximum absolute atomic E-state index is 13.1. The molecule has 1 saturated carbocycles. The molecule has 0 unspecified atom stereocenters. The van der Waals surface area contributed by atoms with E-state index in [1.54, 1.807) is 16.8 Å². The Balaban J connectivity index is 1.77. The molecule has 1 fully saturated rings. The molecule has 7 heteroatoms. The molecule has 1 heterocycles. The van der Waals surface area contributed by atoms with Crippen molar-refractivity contribution in [3.8, 4) is 16.9 Å². The van der Waals surface area contributed by atoms with Crippen molar-refractivity contribution in [3.63, 3.8) is 0 Å². The van der Waals surface area contributed by atoms with Gasteiger partial charge in [-0.2, -0.15) is 5.10 Å². The van der Waals surface area contributed by atoms with Gasteiger partial charge in [-0.25, -0.2) is 4.68 Å². The van der Waals surface area contributed by atoms with E-state index in [1.165, 1.54) is 0 Å². The minimum Gasteiger partial charge on any atom is -0.348 e. The zero-order valence-corrected chi connectivity index (χ0v) is 18.2. The van der Waals surface area contributed by atoms with Crippen LogP contribution in [0.3, 0.4) is 0 Å². The molecule has 0 bridgehead atoms. The Labute approximate surface area is 186 Å². The number of nitrogens with one attached hydrogen (secondary N) is 1. The Hall–Kier alpha value is -2.34. The van der Waals surface area contributed by atoms with Crippen LogP contribution in [0.5, 0.6) is 0 Å². The van der Waals surface area contributed by atoms with Crippen molar-refractivity contribution in [1.82, 2.24) is 15.1 Å². The molecule has 3 N–H and O–H groups in total. The van der Waals surface area contributed by atoms with E-state index in [9.17, 15) is 4.79 Å². The number of carbonyl (C=O) groups is 1. The molecule has 156 valence electrons. The molecule has 2 aromatic carbocycles. The molecule has 4 rings (SSSR count). The summed E-state index contributed by atoms with van der Waals surface area (Å²) in [5, 5.41) is 8.81. The molecule has 1 aromatic heterocycles. The number of hydrogen-bond donors (Lipinski definition) is 2. The van der Waals surface area contributed by atoms with Crippen molar-refractivity contribution < 1.29 is 4.79 Å². The number of halogens is 2. The van der Waals surface area contributed by atoms with Gasteiger partial charge in [0, 0.05) is 28.2 Å². The number of nitrogens with two attached hydrogens (primary N) is 1. The first kappa shape index (κ1) is 20.9. The first-order valence-corrected chi connectivity index (χ1v) is 10.9. The summed E-state index contributed by atoms with van der Waals surface area (Å²) in [4.78, 5) is 13.1. The Bertz CT molecular complexity index is 1060. The summed E-state index contributed by atoms with van der Waals surface area (Å²) >= 11 is 12.6. The van der Waals surface area contributed by atoms with Gasteiger partial charge in [0.05, 0.1) is 16.4 Å². The molecular weight excluding hydrogens is 419 g/mol. The van der Waals surface area contributed by atoms with Crippen molar-refractivity contribution in [3.05, 3.63) is 69.8 Å². The Kier molecular flexibility index (Phi) is 6.14. The van der Waals surface area contributed by atoms with Crippen LogP contribution in [-0.4, -0.2) is 27.8 Å². The van der Waals surface area contributed by atoms with E-state index in [4.69, 9.17) is 28.9 Å². The summed E-state index contributed by atoms with van der Waals surface area (Å²) in [6, 6.07) is 15.3. The van der Waals surface area contributed by atoms with Crippen molar-refractivity contribution in [2.24, 2.45) is 5.73 Å². The lowest BCUT2D eigenvalue weighted by molar-refractivity contribution is 0.0919. The van der Waals surface area contributed by atoms with Crippen LogP contribution in [0.2, 0.25) is 10.0 Å². The van der Waals surface area contributed by atoms with Crippen LogP contribution in [0.1, 0.15) is 41.7 Å². The summed E-state index contributed by atoms with van der Waals surface area (Å²) in [5.74, 6) is -0.187. The smallest absolute Gasteiger partial charge is 0.272 e. The second-order valence-corrected chi connectivity index (χ2v) is 8.64. The van der Waals surface area contributed by atoms with Gasteiger partial charge in [-0.05, 0) is 50.8 Å². The lowest BCUT2D eigenvalue weighted by atomic mass is 9.91. The van der Waals surface area contributed by atoms with Gasteiger partial charge in [-0.15, -0.1) is 0 Å². The average Bonchev–Trinajstić information content (AvgIpc) is 3.05. The lowest BCUT2D eigenvalue weighted by Crippen LogP contribution is -2.42. The van der Waals surface area contributed by atoms with Gasteiger partial charge in [0.15, 0.2) is 5.69 Å². The summed E-state index contributed by atoms with van der Waals surface area (Å²) in [6.45, 7) is 1.91. The maximum Gasteiger partial charge on any atom is 0.272 e. The van der Waals surface area contributed by atoms with Gasteiger partial charge < -0.3 is 11.1 Å². The number of rotatable bonds is 4. The highest BCUT2D eigenvalue weighted by atomic mass is 35.5. The maximum atomic E-state index is 13.1. The van der Waals surface area contributed by atoms with Crippen LogP contribution < -0.4 is 11.1 Å². The highest BCUT2D eigenvalue weighted by Gasteiger charge is 2.26. The Morgan fingerprint density at radius 1 is 1.17 bits per heavy atom. The van der Waals surface area contributed by atoms with Crippen molar-refractivity contribution in [2.75, 3.05) is 0 Å². The van der Waals surface area contributed by atoms with Gasteiger partial charge >= 0.3 is 0 Å². The summed E-state index contributed by atoms with van der Waals surface area (Å²) in [7, 11) is 0. The van der Waals surface area contributed by atoms with Crippen molar-refractivity contribution in [1.29, 1.82) is 0 Å². The van der Waals surface area contributed by atoms with Crippen LogP contribution in [-0.2, 0) is 0 Å². The number of hydrogen-bond acceptors (Lipinski definition) is 3. The fraction of sp³-hybridized carbons (Fsp3) is 0.304. The fourth-order valence-electron chi connectivity index (χ4n) is 4.09. The number of benzene rings is 2. The van der Waals surface area contributed by atoms with Crippen LogP contribution in [0.15, 0.2) is 48.5 Å². The van der Waals surface area contributed by atoms with Gasteiger partial charge in [0.2, 0.25) is 0 Å². The van der Waals surface area contributed by atoms with Crippen LogP contribution in [0.4, 0.5) is 0 Å². The summed E-state index contributed by atoms with van der Waals surface area (Å²) in [5.41, 5.74) is 9.71. The zero-order chi connectivity index (χ0) is 21.3. The highest BCUT2D eigenvalue weighted by molar-refractivity contribution is 6.35. The molecule has 0 radical (unpaired) electrons. The highest BCUT2D eigenvalue weighted by Crippen LogP contribution is 2.32. The predicted molar refractivity (Wildman–Crippen MR) is 121 cm³/mol. The number of aromatic nitrogens is 2. The van der Waals surface area contributed by atoms with Crippen molar-refractivity contribution >= 4 is 29.1 Å². The molecule has 30 heavy (non-hydrogen) atoms. The van der Waals surface area contributed by atoms with E-state index < -0.39 is 0 Å². The van der Waals surface area contributed by atoms with Crippen LogP contribution >= 0.6 is 23.2 Å². The number of nitrogens with zero attached hydrogens (tertiary/aromatic N) is 2. The molecule has 0 spiro atoms. The number of amides is 1. The van der Waals surface area contributed by atoms with E-state index in [-0.39, 0.29) is 18.0 Å². The molecule has 1 amide bonds. The minimum absolute atomic E-state index is 0.0742. The predicted octanol–water partition coefficient (Wildman–Crippen LogP) is 5.15. The lowest BCUT2D eigenvalue weighted by Gasteiger charge is -2.27. The monoisotopic (exact) mass is 442 g/mol. The molecule has 1 aliphatic rings. The van der Waals surface area contributed by atoms with Crippen molar-refractivity contribution in [2.45, 2.75) is 44.7 Å². The Morgan fingerprint density at radius 3 is 2.63 bits per heavy atom. The van der Waals surface area contributed by atoms with Crippen LogP contribution in [0.25, 0.3) is 16.9 Å². The van der Waals surface area contributed by atoms with E-state index in [0.717, 1.165) is 42.5 Å². The topological polar surface area (TPSA) is 72.9 Å². The quantitative estimate of drug-likeness (QED) is 0.586. The van der Waals surface area contributed by atoms with E-state index in [0.29, 0.717) is 21.4 Å². The summed E-state index contributed by atoms with van der Waals surface area (Å²) in [6.07, 6.45) is 3.76. The van der Waals surface area contributed by atoms with Gasteiger partial charge in [-0.3, -0.25) is 4.79 Å². The molecule has 0 saturated heterocycles. The fourth-order valence-corrected chi connectivity index (χ4v) is 4.57. The standard InChI is InChI=1S/C23H24Cl2N4O/c1-14-21(23(30)27-18-9-5-8-17(26)13-18)28-29(20-11-10-16(24)12-19(20)25)22(14)15-6-3-2-4-7-15/h2-4,6-7,10-12,17-18H,5,8-9,13,26H2,1H3,(H,27,30)/t17-,18+/m0/s1. The molecular formula is C23H24Cl2N4O. The molecule has 3 aromatic rings. The SMILES string of the molecule is Cc1c(C(=O)N[C@@H]2CCC[C@H](N)C2)nn(-c2ccc(Cl)cc2Cl)c1-c1ccccc1. The molecule has 1 aliphatic carbocycles. The molecule has 0 aliphatic heterocycles. The van der Waals surface area contributed by atoms with Gasteiger partial charge in [0.1, 0.15) is 0 Å². The second-order valence-electron chi connectivity index (χ2n) is 7.79. The minimum atomic E-state index is -0.187. The third kappa shape index (κ3) is 4.24. The first-order valence-electron chi connectivity index (χ1n) is 10.1. The third-order valence-electron chi connectivity index (χ3n) is 5.57. The van der Waals surface area contributed by atoms with Gasteiger partial charge in [-0.1, -0.05) is 53.5 Å². The number of carbonyl (C=O) groups excluding carboxylic acids is 1. The normalized spacial score (nSPS) is 18.9. The first-order chi connectivity index (χ1) is 14.4. The average molecular weight is 443 g/mol. The van der Waals surface area contributed by atoms with E-state index in [1.807, 2.05) is 43.3 Å². The van der Waals surface area contributed by atoms with Gasteiger partial charge in [0.25, 0.3) is 5.91 Å². The largest absolute Gasteiger partial charge is 0.348 e. The zero-order valence-electron chi connectivity index (χ0n) is 16.7. The van der Waals surface area contributed by atoms with E-state index >= 15 is 0 Å². The molecule has 5 nitrogen and oxygen atoms in total. The third-order valence-corrected chi connectivity index (χ3v) is 6.11. The molecule has 2 atom stereocenters. The summed E-state index contributed by atoms with van der Waals surface area (Å²) < 4.78 is 1.73. The van der Waals surface area contributed by atoms with E-state index in [2.05, 4.69) is 10.4 Å². The Morgan fingerprint density at radius 2 is 1.93 bits per heavy atom. The van der Waals surface area contributed by atoms with Crippen LogP contribution in [0, 0.1) is 6.92 Å².